The molecule has 1 N–H and O–H groups in total. The zero-order valence-electron chi connectivity index (χ0n) is 18.1. The molecule has 2 aromatic rings. The average Bonchev–Trinajstić information content (AvgIpc) is 2.84. The molecule has 3 rings (SSSR count). The molecule has 13 heteroatoms. The van der Waals surface area contributed by atoms with Gasteiger partial charge in [0, 0.05) is 29.1 Å². The first-order valence-electron chi connectivity index (χ1n) is 10.00. The number of carbonyl (C=O) groups is 2. The summed E-state index contributed by atoms with van der Waals surface area (Å²) in [4.78, 5) is 24.9. The van der Waals surface area contributed by atoms with Crippen molar-refractivity contribution in [3.63, 3.8) is 0 Å². The summed E-state index contributed by atoms with van der Waals surface area (Å²) in [5.41, 5.74) is 0.240. The van der Waals surface area contributed by atoms with Gasteiger partial charge < -0.3 is 19.5 Å². The molecule has 1 heterocycles. The Morgan fingerprint density at radius 2 is 1.88 bits per heavy atom. The van der Waals surface area contributed by atoms with Crippen LogP contribution in [0.15, 0.2) is 46.2 Å². The number of amides is 1. The fourth-order valence-electron chi connectivity index (χ4n) is 2.97. The van der Waals surface area contributed by atoms with Gasteiger partial charge in [-0.2, -0.15) is 4.31 Å². The second kappa shape index (κ2) is 12.1. The number of anilines is 1. The third-order valence-corrected chi connectivity index (χ3v) is 8.26. The number of benzene rings is 2. The summed E-state index contributed by atoms with van der Waals surface area (Å²) in [6.45, 7) is 0.647. The minimum Gasteiger partial charge on any atom is -0.495 e. The number of carbonyl (C=O) groups excluding carboxylic acids is 2. The number of methoxy groups -OCH3 is 1. The molecule has 0 radical (unpaired) electrons. The molecule has 184 valence electrons. The second-order valence-electron chi connectivity index (χ2n) is 6.95. The molecule has 0 aliphatic carbocycles. The molecule has 0 unspecified atom stereocenters. The van der Waals surface area contributed by atoms with Gasteiger partial charge in [-0.3, -0.25) is 9.59 Å². The molecule has 1 saturated heterocycles. The van der Waals surface area contributed by atoms with Crippen molar-refractivity contribution < 1.29 is 32.2 Å². The first kappa shape index (κ1) is 26.6. The summed E-state index contributed by atoms with van der Waals surface area (Å²) >= 11 is 13.1. The van der Waals surface area contributed by atoms with Crippen LogP contribution < -0.4 is 10.1 Å². The van der Waals surface area contributed by atoms with Gasteiger partial charge >= 0.3 is 5.97 Å². The Balaban J connectivity index is 1.55. The number of ether oxygens (including phenoxy) is 3. The van der Waals surface area contributed by atoms with Gasteiger partial charge in [0.1, 0.15) is 5.75 Å². The van der Waals surface area contributed by atoms with Crippen molar-refractivity contribution in [3.05, 3.63) is 46.4 Å². The maximum absolute atomic E-state index is 12.8. The van der Waals surface area contributed by atoms with Gasteiger partial charge in [0.25, 0.3) is 5.91 Å². The number of hydrogen-bond acceptors (Lipinski definition) is 8. The molecular formula is C21H22Cl2N2O7S2. The molecule has 0 saturated carbocycles. The quantitative estimate of drug-likeness (QED) is 0.375. The summed E-state index contributed by atoms with van der Waals surface area (Å²) < 4.78 is 42.4. The second-order valence-corrected chi connectivity index (χ2v) is 10.7. The Morgan fingerprint density at radius 1 is 1.15 bits per heavy atom. The number of hydrogen-bond donors (Lipinski definition) is 1. The van der Waals surface area contributed by atoms with Gasteiger partial charge in [-0.1, -0.05) is 23.2 Å². The van der Waals surface area contributed by atoms with Crippen LogP contribution in [0.3, 0.4) is 0 Å². The van der Waals surface area contributed by atoms with Crippen LogP contribution in [0.4, 0.5) is 5.69 Å². The highest BCUT2D eigenvalue weighted by molar-refractivity contribution is 8.00. The maximum atomic E-state index is 12.8. The van der Waals surface area contributed by atoms with Crippen molar-refractivity contribution in [1.82, 2.24) is 4.31 Å². The number of nitrogens with one attached hydrogen (secondary N) is 1. The summed E-state index contributed by atoms with van der Waals surface area (Å²) in [6, 6.07) is 9.01. The summed E-state index contributed by atoms with van der Waals surface area (Å²) in [5.74, 6) is -1.14. The van der Waals surface area contributed by atoms with E-state index >= 15 is 0 Å². The van der Waals surface area contributed by atoms with E-state index in [0.717, 1.165) is 11.8 Å². The van der Waals surface area contributed by atoms with Crippen molar-refractivity contribution in [2.75, 3.05) is 51.1 Å². The minimum absolute atomic E-state index is 0.0346. The number of rotatable bonds is 9. The van der Waals surface area contributed by atoms with Crippen LogP contribution in [-0.2, 0) is 29.1 Å². The molecular weight excluding hydrogens is 527 g/mol. The highest BCUT2D eigenvalue weighted by Gasteiger charge is 2.27. The topological polar surface area (TPSA) is 111 Å². The zero-order valence-corrected chi connectivity index (χ0v) is 21.2. The van der Waals surface area contributed by atoms with E-state index in [1.54, 1.807) is 18.2 Å². The molecule has 2 aromatic carbocycles. The molecule has 0 bridgehead atoms. The molecule has 0 atom stereocenters. The van der Waals surface area contributed by atoms with Crippen LogP contribution in [0.2, 0.25) is 10.0 Å². The number of esters is 1. The first-order valence-corrected chi connectivity index (χ1v) is 13.2. The predicted octanol–water partition coefficient (Wildman–Crippen LogP) is 3.30. The first-order chi connectivity index (χ1) is 16.2. The molecule has 0 spiro atoms. The van der Waals surface area contributed by atoms with E-state index < -0.39 is 28.5 Å². The van der Waals surface area contributed by atoms with Gasteiger partial charge in [0.05, 0.1) is 41.7 Å². The maximum Gasteiger partial charge on any atom is 0.316 e. The Kier molecular flexibility index (Phi) is 9.46. The van der Waals surface area contributed by atoms with Crippen molar-refractivity contribution in [2.45, 2.75) is 9.79 Å². The van der Waals surface area contributed by atoms with Gasteiger partial charge in [-0.05, 0) is 30.3 Å². The molecule has 34 heavy (non-hydrogen) atoms. The Morgan fingerprint density at radius 3 is 2.59 bits per heavy atom. The fraction of sp³-hybridized carbons (Fsp3) is 0.333. The van der Waals surface area contributed by atoms with Gasteiger partial charge in [-0.15, -0.1) is 11.8 Å². The van der Waals surface area contributed by atoms with Crippen LogP contribution in [-0.4, -0.2) is 70.4 Å². The third kappa shape index (κ3) is 7.00. The third-order valence-electron chi connectivity index (χ3n) is 4.66. The molecule has 1 aliphatic rings. The van der Waals surface area contributed by atoms with E-state index in [-0.39, 0.29) is 35.2 Å². The lowest BCUT2D eigenvalue weighted by atomic mass is 10.3. The number of morpholine rings is 1. The molecule has 1 aliphatic heterocycles. The van der Waals surface area contributed by atoms with Gasteiger partial charge in [-0.25, -0.2) is 8.42 Å². The molecule has 9 nitrogen and oxygen atoms in total. The smallest absolute Gasteiger partial charge is 0.316 e. The van der Waals surface area contributed by atoms with Gasteiger partial charge in [0.15, 0.2) is 6.61 Å². The Hall–Kier alpha value is -2.02. The summed E-state index contributed by atoms with van der Waals surface area (Å²) in [5, 5.41) is 3.48. The largest absolute Gasteiger partial charge is 0.495 e. The van der Waals surface area contributed by atoms with E-state index in [0.29, 0.717) is 28.2 Å². The van der Waals surface area contributed by atoms with Gasteiger partial charge in [0.2, 0.25) is 10.0 Å². The average molecular weight is 549 g/mol. The molecule has 1 fully saturated rings. The Labute approximate surface area is 211 Å². The fourth-order valence-corrected chi connectivity index (χ4v) is 5.68. The highest BCUT2D eigenvalue weighted by atomic mass is 35.5. The van der Waals surface area contributed by atoms with Crippen molar-refractivity contribution in [1.29, 1.82) is 0 Å². The van der Waals surface area contributed by atoms with Crippen molar-refractivity contribution in [2.24, 2.45) is 0 Å². The van der Waals surface area contributed by atoms with E-state index in [1.165, 1.54) is 29.6 Å². The lowest BCUT2D eigenvalue weighted by Gasteiger charge is -2.26. The van der Waals surface area contributed by atoms with Crippen LogP contribution in [0.25, 0.3) is 0 Å². The van der Waals surface area contributed by atoms with E-state index in [1.807, 2.05) is 0 Å². The number of nitrogens with zero attached hydrogens (tertiary/aromatic N) is 1. The van der Waals surface area contributed by atoms with Crippen LogP contribution >= 0.6 is 35.0 Å². The Bertz CT molecular complexity index is 1160. The lowest BCUT2D eigenvalue weighted by molar-refractivity contribution is -0.144. The SMILES string of the molecule is COc1cc(S(=O)(=O)N2CCOCC2)ccc1NC(=O)COC(=O)CSc1cc(Cl)ccc1Cl. The predicted molar refractivity (Wildman–Crippen MR) is 129 cm³/mol. The number of halogens is 2. The standard InChI is InChI=1S/C21H22Cl2N2O7S2/c1-30-18-11-15(34(28,29)25-6-8-31-9-7-25)3-5-17(18)24-20(26)12-32-21(27)13-33-19-10-14(22)2-4-16(19)23/h2-5,10-11H,6-9,12-13H2,1H3,(H,24,26). The van der Waals surface area contributed by atoms with Crippen LogP contribution in [0, 0.1) is 0 Å². The molecule has 0 aromatic heterocycles. The monoisotopic (exact) mass is 548 g/mol. The lowest BCUT2D eigenvalue weighted by Crippen LogP contribution is -2.40. The molecule has 1 amide bonds. The van der Waals surface area contributed by atoms with E-state index in [9.17, 15) is 18.0 Å². The normalized spacial score (nSPS) is 14.4. The number of sulfonamides is 1. The summed E-state index contributed by atoms with van der Waals surface area (Å²) in [7, 11) is -2.37. The van der Waals surface area contributed by atoms with Crippen molar-refractivity contribution in [3.8, 4) is 5.75 Å². The van der Waals surface area contributed by atoms with Crippen LogP contribution in [0.5, 0.6) is 5.75 Å². The van der Waals surface area contributed by atoms with E-state index in [4.69, 9.17) is 37.4 Å². The van der Waals surface area contributed by atoms with Crippen LogP contribution in [0.1, 0.15) is 0 Å². The van der Waals surface area contributed by atoms with E-state index in [2.05, 4.69) is 5.32 Å². The number of thioether (sulfide) groups is 1. The van der Waals surface area contributed by atoms with Crippen molar-refractivity contribution >= 4 is 62.6 Å². The minimum atomic E-state index is -3.73. The zero-order chi connectivity index (χ0) is 24.7. The summed E-state index contributed by atoms with van der Waals surface area (Å²) in [6.07, 6.45) is 0. The highest BCUT2D eigenvalue weighted by Crippen LogP contribution is 2.31.